The number of anilines is 1. The van der Waals surface area contributed by atoms with Gasteiger partial charge in [0.05, 0.1) is 16.2 Å². The summed E-state index contributed by atoms with van der Waals surface area (Å²) in [5.74, 6) is -2.95. The van der Waals surface area contributed by atoms with Crippen LogP contribution in [0.1, 0.15) is 39.9 Å². The summed E-state index contributed by atoms with van der Waals surface area (Å²) in [6.07, 6.45) is -11.7. The fourth-order valence-electron chi connectivity index (χ4n) is 4.50. The number of carboxylic acids is 1. The molecule has 0 bridgehead atoms. The van der Waals surface area contributed by atoms with Gasteiger partial charge in [0.2, 0.25) is 0 Å². The van der Waals surface area contributed by atoms with Crippen LogP contribution in [-0.2, 0) is 5.60 Å². The lowest BCUT2D eigenvalue weighted by Crippen LogP contribution is -2.46. The van der Waals surface area contributed by atoms with E-state index in [0.717, 1.165) is 31.2 Å². The van der Waals surface area contributed by atoms with Crippen LogP contribution in [0.25, 0.3) is 5.57 Å². The number of ether oxygens (including phenoxy) is 1. The number of aromatic carboxylic acids is 1. The largest absolute Gasteiger partial charge is 0.478 e. The molecule has 14 heteroatoms. The van der Waals surface area contributed by atoms with Crippen LogP contribution < -0.4 is 10.1 Å². The molecule has 0 fully saturated rings. The number of carbonyl (C=O) groups is 1. The minimum absolute atomic E-state index is 0.0407. The Morgan fingerprint density at radius 3 is 2.10 bits per heavy atom. The molecule has 0 saturated carbocycles. The summed E-state index contributed by atoms with van der Waals surface area (Å²) in [7, 11) is 0. The Bertz CT molecular complexity index is 1540. The summed E-state index contributed by atoms with van der Waals surface area (Å²) in [5, 5.41) is 31.9. The van der Waals surface area contributed by atoms with Crippen LogP contribution in [0.2, 0.25) is 10.0 Å². The average Bonchev–Trinajstić information content (AvgIpc) is 2.85. The first kappa shape index (κ1) is 30.5. The maximum atomic E-state index is 14.5. The van der Waals surface area contributed by atoms with E-state index in [-0.39, 0.29) is 38.4 Å². The van der Waals surface area contributed by atoms with Crippen molar-refractivity contribution in [3.63, 3.8) is 0 Å². The molecule has 3 unspecified atom stereocenters. The van der Waals surface area contributed by atoms with Crippen molar-refractivity contribution in [2.24, 2.45) is 0 Å². The van der Waals surface area contributed by atoms with Crippen LogP contribution in [-0.4, -0.2) is 39.9 Å². The molecule has 3 aromatic rings. The number of benzene rings is 3. The van der Waals surface area contributed by atoms with Crippen molar-refractivity contribution < 1.29 is 51.2 Å². The Balaban J connectivity index is 1.72. The zero-order valence-electron chi connectivity index (χ0n) is 20.6. The highest BCUT2D eigenvalue weighted by atomic mass is 35.5. The average molecular weight is 622 g/mol. The normalized spacial score (nSPS) is 17.5. The zero-order chi connectivity index (χ0) is 30.5. The summed E-state index contributed by atoms with van der Waals surface area (Å²) < 4.78 is 90.1. The molecule has 1 aliphatic rings. The fraction of sp³-hybridized carbons (Fsp3) is 0.222. The Kier molecular flexibility index (Phi) is 8.00. The van der Waals surface area contributed by atoms with Crippen molar-refractivity contribution in [3.8, 4) is 11.5 Å². The van der Waals surface area contributed by atoms with E-state index < -0.39 is 52.8 Å². The molecule has 3 atom stereocenters. The first-order chi connectivity index (χ1) is 18.9. The van der Waals surface area contributed by atoms with Crippen molar-refractivity contribution in [1.29, 1.82) is 0 Å². The second-order valence-corrected chi connectivity index (χ2v) is 9.96. The first-order valence-electron chi connectivity index (χ1n) is 11.6. The van der Waals surface area contributed by atoms with Gasteiger partial charge < -0.3 is 25.4 Å². The van der Waals surface area contributed by atoms with E-state index in [1.165, 1.54) is 24.3 Å². The van der Waals surface area contributed by atoms with Crippen molar-refractivity contribution in [2.45, 2.75) is 37.0 Å². The SMILES string of the molecule is CC(c1ccc(Oc2ccc(C(=O)O)c(Cl)c2)cc1Cl)C(O)(c1ccc2c(c1)C(C(F)(F)F)=CC(O)N2)C(F)(F)F. The molecule has 0 amide bonds. The van der Waals surface area contributed by atoms with Crippen molar-refractivity contribution >= 4 is 40.4 Å². The van der Waals surface area contributed by atoms with Gasteiger partial charge in [-0.05, 0) is 53.6 Å². The second kappa shape index (κ2) is 10.8. The van der Waals surface area contributed by atoms with Crippen LogP contribution in [0, 0.1) is 0 Å². The van der Waals surface area contributed by atoms with E-state index in [2.05, 4.69) is 5.32 Å². The zero-order valence-corrected chi connectivity index (χ0v) is 22.1. The van der Waals surface area contributed by atoms with Crippen molar-refractivity contribution in [1.82, 2.24) is 0 Å². The summed E-state index contributed by atoms with van der Waals surface area (Å²) >= 11 is 12.2. The van der Waals surface area contributed by atoms with Gasteiger partial charge in [-0.1, -0.05) is 42.3 Å². The van der Waals surface area contributed by atoms with Crippen molar-refractivity contribution in [3.05, 3.63) is 93.0 Å². The van der Waals surface area contributed by atoms with Crippen LogP contribution in [0.4, 0.5) is 32.0 Å². The molecule has 0 aromatic heterocycles. The molecule has 1 heterocycles. The lowest BCUT2D eigenvalue weighted by molar-refractivity contribution is -0.274. The molecule has 4 rings (SSSR count). The summed E-state index contributed by atoms with van der Waals surface area (Å²) in [6.45, 7) is 1.02. The minimum atomic E-state index is -5.37. The third kappa shape index (κ3) is 5.82. The molecule has 41 heavy (non-hydrogen) atoms. The van der Waals surface area contributed by atoms with E-state index in [1.54, 1.807) is 0 Å². The van der Waals surface area contributed by atoms with E-state index >= 15 is 0 Å². The Hall–Kier alpha value is -3.45. The molecular weight excluding hydrogens is 603 g/mol. The maximum Gasteiger partial charge on any atom is 0.422 e. The number of alkyl halides is 6. The van der Waals surface area contributed by atoms with Crippen LogP contribution in [0.15, 0.2) is 60.7 Å². The van der Waals surface area contributed by atoms with E-state index in [4.69, 9.17) is 33.0 Å². The van der Waals surface area contributed by atoms with Crippen LogP contribution >= 0.6 is 23.2 Å². The van der Waals surface area contributed by atoms with Gasteiger partial charge in [0.25, 0.3) is 0 Å². The molecule has 0 spiro atoms. The van der Waals surface area contributed by atoms with Crippen LogP contribution in [0.5, 0.6) is 11.5 Å². The number of rotatable bonds is 6. The molecule has 0 aliphatic carbocycles. The molecule has 4 N–H and O–H groups in total. The second-order valence-electron chi connectivity index (χ2n) is 9.15. The predicted molar refractivity (Wildman–Crippen MR) is 138 cm³/mol. The number of allylic oxidation sites excluding steroid dienone is 1. The number of aliphatic hydroxyl groups is 2. The van der Waals surface area contributed by atoms with E-state index in [9.17, 15) is 41.4 Å². The van der Waals surface area contributed by atoms with Gasteiger partial charge >= 0.3 is 18.3 Å². The highest BCUT2D eigenvalue weighted by Crippen LogP contribution is 2.52. The van der Waals surface area contributed by atoms with E-state index in [0.29, 0.717) is 12.1 Å². The van der Waals surface area contributed by atoms with Crippen LogP contribution in [0.3, 0.4) is 0 Å². The number of halogens is 8. The number of fused-ring (bicyclic) bond motifs is 1. The number of hydrogen-bond acceptors (Lipinski definition) is 5. The molecule has 218 valence electrons. The Labute approximate surface area is 238 Å². The minimum Gasteiger partial charge on any atom is -0.478 e. The molecule has 1 aliphatic heterocycles. The number of nitrogens with one attached hydrogen (secondary N) is 1. The summed E-state index contributed by atoms with van der Waals surface area (Å²) in [4.78, 5) is 11.1. The number of aliphatic hydroxyl groups excluding tert-OH is 1. The van der Waals surface area contributed by atoms with Gasteiger partial charge in [-0.3, -0.25) is 0 Å². The number of carboxylic acid groups (broad SMARTS) is 1. The number of hydrogen-bond donors (Lipinski definition) is 4. The van der Waals surface area contributed by atoms with Gasteiger partial charge in [-0.2, -0.15) is 26.3 Å². The highest BCUT2D eigenvalue weighted by Gasteiger charge is 2.59. The topological polar surface area (TPSA) is 99.0 Å². The van der Waals surface area contributed by atoms with Gasteiger partial charge in [0, 0.05) is 28.3 Å². The predicted octanol–water partition coefficient (Wildman–Crippen LogP) is 7.73. The molecule has 3 aromatic carbocycles. The fourth-order valence-corrected chi connectivity index (χ4v) is 5.09. The molecule has 0 saturated heterocycles. The Morgan fingerprint density at radius 2 is 1.56 bits per heavy atom. The lowest BCUT2D eigenvalue weighted by Gasteiger charge is -2.38. The van der Waals surface area contributed by atoms with Gasteiger partial charge in [-0.15, -0.1) is 0 Å². The molecular formula is C27H19Cl2F6NO5. The van der Waals surface area contributed by atoms with E-state index in [1.807, 2.05) is 0 Å². The maximum absolute atomic E-state index is 14.5. The van der Waals surface area contributed by atoms with Gasteiger partial charge in [0.1, 0.15) is 17.7 Å². The van der Waals surface area contributed by atoms with Crippen molar-refractivity contribution in [2.75, 3.05) is 5.32 Å². The summed E-state index contributed by atoms with van der Waals surface area (Å²) in [5.41, 5.74) is -7.28. The lowest BCUT2D eigenvalue weighted by atomic mass is 9.76. The third-order valence-corrected chi connectivity index (χ3v) is 7.23. The molecule has 6 nitrogen and oxygen atoms in total. The van der Waals surface area contributed by atoms with Gasteiger partial charge in [0.15, 0.2) is 5.60 Å². The Morgan fingerprint density at radius 1 is 0.951 bits per heavy atom. The smallest absolute Gasteiger partial charge is 0.422 e. The highest BCUT2D eigenvalue weighted by molar-refractivity contribution is 6.33. The first-order valence-corrected chi connectivity index (χ1v) is 12.4. The molecule has 0 radical (unpaired) electrons. The monoisotopic (exact) mass is 621 g/mol. The standard InChI is InChI=1S/C27H19Cl2F6NO5/c1-12(16-5-3-14(9-20(16)28)41-15-4-6-17(24(38)39)21(29)10-15)25(40,27(33,34)35)13-2-7-22-18(8-13)19(26(30,31)32)11-23(37)36-22/h2-12,23,36-37,40H,1H3,(H,38,39). The third-order valence-electron chi connectivity index (χ3n) is 6.59. The quantitative estimate of drug-likeness (QED) is 0.210. The van der Waals surface area contributed by atoms with Gasteiger partial charge in [-0.25, -0.2) is 4.79 Å². The summed E-state index contributed by atoms with van der Waals surface area (Å²) in [6, 6.07) is 9.57.